The van der Waals surface area contributed by atoms with E-state index < -0.39 is 5.60 Å². The second-order valence-electron chi connectivity index (χ2n) is 10.0. The SMILES string of the molecule is CC(C)(C)OC(=O)CCOCCOCCOCCOCCOCCOCCOCCOCCOCCOc1ccccc1. The number of carbonyl (C=O) groups excluding carboxylic acids is 1. The fraction of sp³-hybridized carbons (Fsp3) is 0.774. The van der Waals surface area contributed by atoms with Gasteiger partial charge in [0.1, 0.15) is 18.0 Å². The summed E-state index contributed by atoms with van der Waals surface area (Å²) in [5.41, 5.74) is -0.471. The van der Waals surface area contributed by atoms with E-state index in [0.717, 1.165) is 5.75 Å². The minimum Gasteiger partial charge on any atom is -0.491 e. The molecule has 0 heterocycles. The zero-order valence-electron chi connectivity index (χ0n) is 26.4. The zero-order chi connectivity index (χ0) is 31.1. The van der Waals surface area contributed by atoms with E-state index in [1.165, 1.54) is 0 Å². The third-order valence-electron chi connectivity index (χ3n) is 5.09. The summed E-state index contributed by atoms with van der Waals surface area (Å²) in [6, 6.07) is 9.66. The molecule has 0 atom stereocenters. The molecule has 12 heteroatoms. The van der Waals surface area contributed by atoms with Crippen molar-refractivity contribution in [1.82, 2.24) is 0 Å². The average molecular weight is 619 g/mol. The Kier molecular flexibility index (Phi) is 26.3. The van der Waals surface area contributed by atoms with Crippen molar-refractivity contribution >= 4 is 5.97 Å². The topological polar surface area (TPSA) is 119 Å². The molecule has 0 saturated carbocycles. The van der Waals surface area contributed by atoms with E-state index in [4.69, 9.17) is 52.1 Å². The van der Waals surface area contributed by atoms with Crippen molar-refractivity contribution in [3.8, 4) is 5.75 Å². The van der Waals surface area contributed by atoms with Gasteiger partial charge in [0.05, 0.1) is 125 Å². The molecular formula is C31H54O12. The highest BCUT2D eigenvalue weighted by molar-refractivity contribution is 5.69. The third kappa shape index (κ3) is 30.0. The van der Waals surface area contributed by atoms with Crippen LogP contribution in [-0.2, 0) is 52.2 Å². The fourth-order valence-corrected chi connectivity index (χ4v) is 3.14. The molecule has 0 bridgehead atoms. The summed E-state index contributed by atoms with van der Waals surface area (Å²) in [5.74, 6) is 0.578. The summed E-state index contributed by atoms with van der Waals surface area (Å²) >= 11 is 0. The summed E-state index contributed by atoms with van der Waals surface area (Å²) in [4.78, 5) is 11.5. The van der Waals surface area contributed by atoms with Gasteiger partial charge in [0.2, 0.25) is 0 Å². The predicted molar refractivity (Wildman–Crippen MR) is 160 cm³/mol. The molecule has 0 saturated heterocycles. The van der Waals surface area contributed by atoms with Gasteiger partial charge in [-0.15, -0.1) is 0 Å². The maximum absolute atomic E-state index is 11.5. The molecule has 1 aromatic rings. The molecule has 1 rings (SSSR count). The lowest BCUT2D eigenvalue weighted by Gasteiger charge is -2.19. The molecule has 43 heavy (non-hydrogen) atoms. The van der Waals surface area contributed by atoms with E-state index in [2.05, 4.69) is 0 Å². The molecule has 0 unspecified atom stereocenters. The van der Waals surface area contributed by atoms with E-state index in [-0.39, 0.29) is 12.4 Å². The van der Waals surface area contributed by atoms with Crippen molar-refractivity contribution in [2.45, 2.75) is 32.8 Å². The van der Waals surface area contributed by atoms with E-state index in [9.17, 15) is 4.79 Å². The number of para-hydroxylation sites is 1. The second-order valence-corrected chi connectivity index (χ2v) is 10.0. The molecule has 0 aromatic heterocycles. The van der Waals surface area contributed by atoms with Gasteiger partial charge >= 0.3 is 5.97 Å². The fourth-order valence-electron chi connectivity index (χ4n) is 3.14. The molecule has 0 amide bonds. The monoisotopic (exact) mass is 618 g/mol. The van der Waals surface area contributed by atoms with Gasteiger partial charge in [0.15, 0.2) is 0 Å². The molecule has 12 nitrogen and oxygen atoms in total. The van der Waals surface area contributed by atoms with E-state index in [0.29, 0.717) is 126 Å². The number of carbonyl (C=O) groups is 1. The maximum atomic E-state index is 11.5. The largest absolute Gasteiger partial charge is 0.491 e. The normalized spacial score (nSPS) is 11.6. The van der Waals surface area contributed by atoms with Gasteiger partial charge < -0.3 is 52.1 Å². The van der Waals surface area contributed by atoms with Crippen molar-refractivity contribution in [1.29, 1.82) is 0 Å². The standard InChI is InChI=1S/C31H54O12/c1-31(2,3)43-30(32)9-10-33-11-12-34-13-14-35-15-16-36-17-18-37-19-20-38-21-22-39-23-24-40-25-26-41-27-28-42-29-7-5-4-6-8-29/h4-8H,9-28H2,1-3H3. The lowest BCUT2D eigenvalue weighted by Crippen LogP contribution is -2.24. The minimum absolute atomic E-state index is 0.234. The van der Waals surface area contributed by atoms with Crippen molar-refractivity contribution < 1.29 is 56.9 Å². The Hall–Kier alpha value is -1.87. The van der Waals surface area contributed by atoms with Crippen molar-refractivity contribution in [2.75, 3.05) is 126 Å². The van der Waals surface area contributed by atoms with Crippen LogP contribution in [0.15, 0.2) is 30.3 Å². The van der Waals surface area contributed by atoms with Gasteiger partial charge in [0, 0.05) is 0 Å². The Bertz CT molecular complexity index is 729. The summed E-state index contributed by atoms with van der Waals surface area (Å²) in [7, 11) is 0. The van der Waals surface area contributed by atoms with E-state index >= 15 is 0 Å². The second kappa shape index (κ2) is 28.9. The molecule has 0 spiro atoms. The lowest BCUT2D eigenvalue weighted by molar-refractivity contribution is -0.156. The Morgan fingerprint density at radius 3 is 1.09 bits per heavy atom. The Balaban J connectivity index is 1.65. The Morgan fingerprint density at radius 2 is 0.767 bits per heavy atom. The van der Waals surface area contributed by atoms with Gasteiger partial charge in [0.25, 0.3) is 0 Å². The third-order valence-corrected chi connectivity index (χ3v) is 5.09. The van der Waals surface area contributed by atoms with Crippen LogP contribution in [0.1, 0.15) is 27.2 Å². The summed E-state index contributed by atoms with van der Waals surface area (Å²) < 4.78 is 59.8. The van der Waals surface area contributed by atoms with Crippen LogP contribution in [-0.4, -0.2) is 137 Å². The van der Waals surface area contributed by atoms with Gasteiger partial charge in [-0.3, -0.25) is 4.79 Å². The average Bonchev–Trinajstić information content (AvgIpc) is 2.97. The highest BCUT2D eigenvalue weighted by Crippen LogP contribution is 2.08. The highest BCUT2D eigenvalue weighted by atomic mass is 16.6. The van der Waals surface area contributed by atoms with Crippen LogP contribution in [0.4, 0.5) is 0 Å². The first-order valence-corrected chi connectivity index (χ1v) is 15.1. The van der Waals surface area contributed by atoms with E-state index in [1.807, 2.05) is 51.1 Å². The zero-order valence-corrected chi connectivity index (χ0v) is 26.4. The van der Waals surface area contributed by atoms with Crippen molar-refractivity contribution in [3.63, 3.8) is 0 Å². The predicted octanol–water partition coefficient (Wildman–Crippen LogP) is 2.95. The van der Waals surface area contributed by atoms with Crippen LogP contribution in [0.5, 0.6) is 5.75 Å². The number of ether oxygens (including phenoxy) is 11. The number of rotatable bonds is 31. The molecule has 250 valence electrons. The number of hydrogen-bond donors (Lipinski definition) is 0. The molecule has 0 aliphatic carbocycles. The van der Waals surface area contributed by atoms with Gasteiger partial charge in [-0.1, -0.05) is 18.2 Å². The molecule has 0 N–H and O–H groups in total. The van der Waals surface area contributed by atoms with Crippen LogP contribution < -0.4 is 4.74 Å². The maximum Gasteiger partial charge on any atom is 0.308 e. The molecule has 0 fully saturated rings. The first kappa shape index (κ1) is 39.2. The minimum atomic E-state index is -0.471. The molecule has 0 aliphatic rings. The van der Waals surface area contributed by atoms with Crippen LogP contribution in [0.3, 0.4) is 0 Å². The first-order valence-electron chi connectivity index (χ1n) is 15.1. The Morgan fingerprint density at radius 1 is 0.465 bits per heavy atom. The van der Waals surface area contributed by atoms with Crippen molar-refractivity contribution in [2.24, 2.45) is 0 Å². The van der Waals surface area contributed by atoms with Gasteiger partial charge in [-0.2, -0.15) is 0 Å². The first-order chi connectivity index (χ1) is 21.0. The molecule has 0 aliphatic heterocycles. The number of esters is 1. The van der Waals surface area contributed by atoms with Gasteiger partial charge in [-0.25, -0.2) is 0 Å². The number of hydrogen-bond acceptors (Lipinski definition) is 12. The quantitative estimate of drug-likeness (QED) is 0.0899. The van der Waals surface area contributed by atoms with Crippen LogP contribution in [0.25, 0.3) is 0 Å². The summed E-state index contributed by atoms with van der Waals surface area (Å²) in [5, 5.41) is 0. The molecule has 0 radical (unpaired) electrons. The summed E-state index contributed by atoms with van der Waals surface area (Å²) in [6.45, 7) is 14.8. The van der Waals surface area contributed by atoms with Gasteiger partial charge in [-0.05, 0) is 32.9 Å². The lowest BCUT2D eigenvalue weighted by atomic mass is 10.2. The highest BCUT2D eigenvalue weighted by Gasteiger charge is 2.15. The van der Waals surface area contributed by atoms with E-state index in [1.54, 1.807) is 0 Å². The van der Waals surface area contributed by atoms with Crippen LogP contribution in [0.2, 0.25) is 0 Å². The Labute approximate surface area is 257 Å². The number of benzene rings is 1. The van der Waals surface area contributed by atoms with Crippen LogP contribution >= 0.6 is 0 Å². The van der Waals surface area contributed by atoms with Crippen LogP contribution in [0, 0.1) is 0 Å². The molecule has 1 aromatic carbocycles. The van der Waals surface area contributed by atoms with Crippen molar-refractivity contribution in [3.05, 3.63) is 30.3 Å². The molecular weight excluding hydrogens is 564 g/mol. The smallest absolute Gasteiger partial charge is 0.308 e. The summed E-state index contributed by atoms with van der Waals surface area (Å²) in [6.07, 6.45) is 0.234.